The third-order valence-corrected chi connectivity index (χ3v) is 5.68. The Balaban J connectivity index is 1.52. The highest BCUT2D eigenvalue weighted by atomic mass is 35.5. The topological polar surface area (TPSA) is 59.4 Å². The number of benzene rings is 3. The molecule has 2 aromatic heterocycles. The maximum absolute atomic E-state index is 6.20. The van der Waals surface area contributed by atoms with Crippen molar-refractivity contribution in [2.24, 2.45) is 0 Å². The van der Waals surface area contributed by atoms with Gasteiger partial charge in [-0.1, -0.05) is 65.8 Å². The summed E-state index contributed by atoms with van der Waals surface area (Å²) in [5, 5.41) is 10.4. The lowest BCUT2D eigenvalue weighted by molar-refractivity contribution is 0.884. The minimum atomic E-state index is 0.662. The van der Waals surface area contributed by atoms with Gasteiger partial charge in [0.25, 0.3) is 0 Å². The van der Waals surface area contributed by atoms with Crippen LogP contribution < -0.4 is 0 Å². The van der Waals surface area contributed by atoms with E-state index in [4.69, 9.17) is 11.6 Å². The molecule has 0 amide bonds. The highest BCUT2D eigenvalue weighted by molar-refractivity contribution is 7.98. The van der Waals surface area contributed by atoms with E-state index in [2.05, 4.69) is 24.7 Å². The molecule has 2 heterocycles. The van der Waals surface area contributed by atoms with Gasteiger partial charge in [-0.25, -0.2) is 4.98 Å². The van der Waals surface area contributed by atoms with Crippen LogP contribution in [0.5, 0.6) is 0 Å². The van der Waals surface area contributed by atoms with E-state index in [1.54, 1.807) is 11.8 Å². The van der Waals surface area contributed by atoms with Gasteiger partial charge >= 0.3 is 0 Å². The van der Waals surface area contributed by atoms with E-state index in [1.165, 1.54) is 0 Å². The van der Waals surface area contributed by atoms with Crippen LogP contribution in [0.2, 0.25) is 5.02 Å². The lowest BCUT2D eigenvalue weighted by Crippen LogP contribution is -1.99. The first-order valence-electron chi connectivity index (χ1n) is 9.11. The number of aromatic nitrogens is 5. The number of hydrogen-bond donors (Lipinski definition) is 1. The average molecular weight is 418 g/mol. The number of fused-ring (bicyclic) bond motifs is 1. The van der Waals surface area contributed by atoms with E-state index in [1.807, 2.05) is 78.9 Å². The van der Waals surface area contributed by atoms with Crippen molar-refractivity contribution in [3.05, 3.63) is 89.7 Å². The predicted octanol–water partition coefficient (Wildman–Crippen LogP) is 5.76. The van der Waals surface area contributed by atoms with Crippen molar-refractivity contribution in [3.63, 3.8) is 0 Å². The summed E-state index contributed by atoms with van der Waals surface area (Å²) in [7, 11) is 0. The maximum atomic E-state index is 6.20. The molecule has 5 aromatic rings. The zero-order valence-electron chi connectivity index (χ0n) is 15.3. The molecule has 0 atom stereocenters. The van der Waals surface area contributed by atoms with Crippen LogP contribution in [-0.4, -0.2) is 24.7 Å². The Kier molecular flexibility index (Phi) is 4.79. The van der Waals surface area contributed by atoms with Crippen LogP contribution >= 0.6 is 23.4 Å². The summed E-state index contributed by atoms with van der Waals surface area (Å²) in [4.78, 5) is 8.02. The summed E-state index contributed by atoms with van der Waals surface area (Å²) in [6, 6.07) is 25.8. The van der Waals surface area contributed by atoms with Crippen molar-refractivity contribution in [2.45, 2.75) is 10.9 Å². The normalized spacial score (nSPS) is 11.2. The summed E-state index contributed by atoms with van der Waals surface area (Å²) in [6.07, 6.45) is 0. The van der Waals surface area contributed by atoms with Gasteiger partial charge in [0.1, 0.15) is 5.82 Å². The van der Waals surface area contributed by atoms with Crippen LogP contribution in [0.25, 0.3) is 28.1 Å². The van der Waals surface area contributed by atoms with Crippen molar-refractivity contribution in [1.82, 2.24) is 24.7 Å². The number of para-hydroxylation sites is 3. The van der Waals surface area contributed by atoms with E-state index in [-0.39, 0.29) is 0 Å². The summed E-state index contributed by atoms with van der Waals surface area (Å²) >= 11 is 7.80. The number of imidazole rings is 1. The molecule has 3 aromatic carbocycles. The molecular weight excluding hydrogens is 402 g/mol. The van der Waals surface area contributed by atoms with E-state index in [0.29, 0.717) is 10.8 Å². The molecule has 0 aliphatic carbocycles. The van der Waals surface area contributed by atoms with E-state index in [0.717, 1.165) is 39.1 Å². The number of nitrogens with zero attached hydrogens (tertiary/aromatic N) is 4. The number of aromatic amines is 1. The van der Waals surface area contributed by atoms with Crippen molar-refractivity contribution in [2.75, 3.05) is 0 Å². The molecular formula is C22H16ClN5S. The highest BCUT2D eigenvalue weighted by Gasteiger charge is 2.17. The second-order valence-corrected chi connectivity index (χ2v) is 7.86. The third kappa shape index (κ3) is 3.64. The molecule has 0 fully saturated rings. The van der Waals surface area contributed by atoms with Crippen LogP contribution in [0.3, 0.4) is 0 Å². The Bertz CT molecular complexity index is 1250. The summed E-state index contributed by atoms with van der Waals surface area (Å²) in [5.74, 6) is 2.32. The second-order valence-electron chi connectivity index (χ2n) is 6.48. The molecule has 0 saturated heterocycles. The Hall–Kier alpha value is -3.09. The number of halogens is 1. The van der Waals surface area contributed by atoms with Gasteiger partial charge in [0.2, 0.25) is 0 Å². The van der Waals surface area contributed by atoms with Crippen molar-refractivity contribution >= 4 is 34.4 Å². The van der Waals surface area contributed by atoms with Gasteiger partial charge in [0.05, 0.1) is 16.8 Å². The maximum Gasteiger partial charge on any atom is 0.196 e. The lowest BCUT2D eigenvalue weighted by Gasteiger charge is -2.10. The molecule has 0 spiro atoms. The quantitative estimate of drug-likeness (QED) is 0.369. The van der Waals surface area contributed by atoms with Gasteiger partial charge in [-0.3, -0.25) is 4.57 Å². The minimum absolute atomic E-state index is 0.662. The fraction of sp³-hybridized carbons (Fsp3) is 0.0455. The molecule has 5 nitrogen and oxygen atoms in total. The van der Waals surface area contributed by atoms with Gasteiger partial charge in [-0.05, 0) is 36.4 Å². The van der Waals surface area contributed by atoms with Crippen molar-refractivity contribution in [3.8, 4) is 17.1 Å². The van der Waals surface area contributed by atoms with Crippen LogP contribution in [0.4, 0.5) is 0 Å². The molecule has 0 unspecified atom stereocenters. The summed E-state index contributed by atoms with van der Waals surface area (Å²) in [5.41, 5.74) is 3.92. The predicted molar refractivity (Wildman–Crippen MR) is 117 cm³/mol. The number of H-pyrrole nitrogens is 1. The summed E-state index contributed by atoms with van der Waals surface area (Å²) < 4.78 is 2.05. The lowest BCUT2D eigenvalue weighted by atomic mass is 10.2. The Morgan fingerprint density at radius 1 is 0.897 bits per heavy atom. The molecule has 0 radical (unpaired) electrons. The Labute approximate surface area is 176 Å². The fourth-order valence-electron chi connectivity index (χ4n) is 3.19. The smallest absolute Gasteiger partial charge is 0.196 e. The van der Waals surface area contributed by atoms with E-state index >= 15 is 0 Å². The van der Waals surface area contributed by atoms with Gasteiger partial charge < -0.3 is 4.98 Å². The van der Waals surface area contributed by atoms with Crippen LogP contribution in [-0.2, 0) is 5.75 Å². The number of nitrogens with one attached hydrogen (secondary N) is 1. The SMILES string of the molecule is Clc1cccc(-c2nnc(SCc3nc4ccccc4[nH]3)n2-c2ccccc2)c1. The second kappa shape index (κ2) is 7.73. The van der Waals surface area contributed by atoms with Crippen LogP contribution in [0.1, 0.15) is 5.82 Å². The van der Waals surface area contributed by atoms with Gasteiger partial charge in [-0.15, -0.1) is 10.2 Å². The van der Waals surface area contributed by atoms with Crippen LogP contribution in [0.15, 0.2) is 84.0 Å². The Morgan fingerprint density at radius 3 is 2.55 bits per heavy atom. The van der Waals surface area contributed by atoms with Gasteiger partial charge in [0.15, 0.2) is 11.0 Å². The molecule has 0 saturated carbocycles. The fourth-order valence-corrected chi connectivity index (χ4v) is 4.21. The Morgan fingerprint density at radius 2 is 1.72 bits per heavy atom. The van der Waals surface area contributed by atoms with Crippen LogP contribution in [0, 0.1) is 0 Å². The molecule has 29 heavy (non-hydrogen) atoms. The van der Waals surface area contributed by atoms with E-state index < -0.39 is 0 Å². The number of rotatable bonds is 5. The number of thioether (sulfide) groups is 1. The van der Waals surface area contributed by atoms with Gasteiger partial charge in [-0.2, -0.15) is 0 Å². The molecule has 7 heteroatoms. The standard InChI is InChI=1S/C22H16ClN5S/c23-16-8-6-7-15(13-16)21-26-27-22(28(21)17-9-2-1-3-10-17)29-14-20-24-18-11-4-5-12-19(18)25-20/h1-13H,14H2,(H,24,25). The first-order valence-corrected chi connectivity index (χ1v) is 10.5. The minimum Gasteiger partial charge on any atom is -0.341 e. The molecule has 0 aliphatic heterocycles. The summed E-state index contributed by atoms with van der Waals surface area (Å²) in [6.45, 7) is 0. The average Bonchev–Trinajstić information content (AvgIpc) is 3.36. The molecule has 5 rings (SSSR count). The monoisotopic (exact) mass is 417 g/mol. The zero-order valence-corrected chi connectivity index (χ0v) is 16.9. The van der Waals surface area contributed by atoms with Gasteiger partial charge in [0, 0.05) is 16.3 Å². The van der Waals surface area contributed by atoms with E-state index in [9.17, 15) is 0 Å². The first kappa shape index (κ1) is 18.0. The third-order valence-electron chi connectivity index (χ3n) is 4.51. The first-order chi connectivity index (χ1) is 14.3. The molecule has 0 aliphatic rings. The molecule has 142 valence electrons. The number of hydrogen-bond acceptors (Lipinski definition) is 4. The molecule has 1 N–H and O–H groups in total. The molecule has 0 bridgehead atoms. The highest BCUT2D eigenvalue weighted by Crippen LogP contribution is 2.30. The zero-order chi connectivity index (χ0) is 19.6. The van der Waals surface area contributed by atoms with Crippen molar-refractivity contribution in [1.29, 1.82) is 0 Å². The van der Waals surface area contributed by atoms with Crippen molar-refractivity contribution < 1.29 is 0 Å². The largest absolute Gasteiger partial charge is 0.341 e.